The van der Waals surface area contributed by atoms with Crippen LogP contribution in [-0.2, 0) is 4.74 Å². The zero-order valence-electron chi connectivity index (χ0n) is 7.08. The second-order valence-corrected chi connectivity index (χ2v) is 2.68. The minimum atomic E-state index is 0.141. The van der Waals surface area contributed by atoms with E-state index in [4.69, 9.17) is 9.84 Å². The van der Waals surface area contributed by atoms with Crippen molar-refractivity contribution in [3.05, 3.63) is 12.0 Å². The van der Waals surface area contributed by atoms with Gasteiger partial charge in [0, 0.05) is 18.7 Å². The number of hydrogen-bond acceptors (Lipinski definition) is 3. The molecule has 0 aliphatic carbocycles. The van der Waals surface area contributed by atoms with Gasteiger partial charge in [-0.1, -0.05) is 6.92 Å². The quantitative estimate of drug-likeness (QED) is 0.661. The molecule has 1 unspecified atom stereocenters. The van der Waals surface area contributed by atoms with Crippen LogP contribution in [-0.4, -0.2) is 29.4 Å². The fraction of sp³-hybridized carbons (Fsp3) is 0.750. The topological polar surface area (TPSA) is 32.7 Å². The molecule has 0 aromatic carbocycles. The molecule has 0 saturated heterocycles. The first-order valence-electron chi connectivity index (χ1n) is 3.99. The number of aliphatic hydroxyl groups excluding tert-OH is 1. The molecule has 11 heavy (non-hydrogen) atoms. The van der Waals surface area contributed by atoms with Gasteiger partial charge in [-0.2, -0.15) is 0 Å². The van der Waals surface area contributed by atoms with Crippen LogP contribution in [0.5, 0.6) is 0 Å². The highest BCUT2D eigenvalue weighted by molar-refractivity contribution is 4.99. The molecule has 0 aromatic heterocycles. The molecule has 0 radical (unpaired) electrons. The molecule has 1 heterocycles. The lowest BCUT2D eigenvalue weighted by Gasteiger charge is -2.24. The molecular weight excluding hydrogens is 142 g/mol. The molecule has 3 heteroatoms. The van der Waals surface area contributed by atoms with Gasteiger partial charge in [-0.25, -0.2) is 0 Å². The molecule has 1 aliphatic rings. The van der Waals surface area contributed by atoms with Gasteiger partial charge >= 0.3 is 0 Å². The lowest BCUT2D eigenvalue weighted by molar-refractivity contribution is 0.0405. The van der Waals surface area contributed by atoms with Crippen LogP contribution in [0.15, 0.2) is 12.0 Å². The monoisotopic (exact) mass is 157 g/mol. The highest BCUT2D eigenvalue weighted by Crippen LogP contribution is 2.19. The molecule has 0 spiro atoms. The van der Waals surface area contributed by atoms with E-state index in [1.54, 1.807) is 6.26 Å². The maximum absolute atomic E-state index is 8.73. The highest BCUT2D eigenvalue weighted by Gasteiger charge is 2.22. The zero-order chi connectivity index (χ0) is 8.27. The third-order valence-corrected chi connectivity index (χ3v) is 1.89. The Labute approximate surface area is 67.3 Å². The number of nitrogens with zero attached hydrogens (tertiary/aromatic N) is 1. The van der Waals surface area contributed by atoms with Crippen LogP contribution < -0.4 is 0 Å². The Bertz CT molecular complexity index is 156. The summed E-state index contributed by atoms with van der Waals surface area (Å²) < 4.78 is 5.33. The zero-order valence-corrected chi connectivity index (χ0v) is 7.08. The van der Waals surface area contributed by atoms with Crippen molar-refractivity contribution < 1.29 is 9.84 Å². The normalized spacial score (nSPS) is 23.4. The summed E-state index contributed by atoms with van der Waals surface area (Å²) in [6.45, 7) is 4.92. The Morgan fingerprint density at radius 1 is 1.73 bits per heavy atom. The van der Waals surface area contributed by atoms with Crippen molar-refractivity contribution in [2.75, 3.05) is 13.2 Å². The van der Waals surface area contributed by atoms with Gasteiger partial charge in [0.2, 0.25) is 0 Å². The summed E-state index contributed by atoms with van der Waals surface area (Å²) >= 11 is 0. The Morgan fingerprint density at radius 2 is 2.45 bits per heavy atom. The standard InChI is InChI=1S/C8H15NO2/c1-3-8-9(4-5-10)7(2)6-11-8/h6,8,10H,3-5H2,1-2H3. The average Bonchev–Trinajstić information content (AvgIpc) is 2.34. The van der Waals surface area contributed by atoms with Crippen LogP contribution in [0.1, 0.15) is 20.3 Å². The van der Waals surface area contributed by atoms with E-state index in [9.17, 15) is 0 Å². The average molecular weight is 157 g/mol. The lowest BCUT2D eigenvalue weighted by atomic mass is 10.3. The lowest BCUT2D eigenvalue weighted by Crippen LogP contribution is -2.32. The number of hydrogen-bond donors (Lipinski definition) is 1. The summed E-state index contributed by atoms with van der Waals surface area (Å²) in [5.74, 6) is 0. The van der Waals surface area contributed by atoms with Gasteiger partial charge in [0.05, 0.1) is 6.61 Å². The maximum atomic E-state index is 8.73. The molecule has 0 amide bonds. The number of rotatable bonds is 3. The molecule has 0 fully saturated rings. The smallest absolute Gasteiger partial charge is 0.171 e. The summed E-state index contributed by atoms with van der Waals surface area (Å²) in [5.41, 5.74) is 1.10. The van der Waals surface area contributed by atoms with E-state index >= 15 is 0 Å². The van der Waals surface area contributed by atoms with Gasteiger partial charge in [0.1, 0.15) is 6.26 Å². The molecule has 3 nitrogen and oxygen atoms in total. The van der Waals surface area contributed by atoms with Crippen molar-refractivity contribution in [2.24, 2.45) is 0 Å². The van der Waals surface area contributed by atoms with Crippen molar-refractivity contribution in [2.45, 2.75) is 26.5 Å². The van der Waals surface area contributed by atoms with Crippen LogP contribution in [0.4, 0.5) is 0 Å². The fourth-order valence-electron chi connectivity index (χ4n) is 1.29. The van der Waals surface area contributed by atoms with Crippen molar-refractivity contribution >= 4 is 0 Å². The summed E-state index contributed by atoms with van der Waals surface area (Å²) in [5, 5.41) is 8.73. The molecule has 0 bridgehead atoms. The first-order chi connectivity index (χ1) is 5.29. The maximum Gasteiger partial charge on any atom is 0.171 e. The van der Waals surface area contributed by atoms with Gasteiger partial charge in [-0.15, -0.1) is 0 Å². The summed E-state index contributed by atoms with van der Waals surface area (Å²) in [7, 11) is 0. The van der Waals surface area contributed by atoms with E-state index in [0.29, 0.717) is 6.54 Å². The second kappa shape index (κ2) is 3.62. The predicted molar refractivity (Wildman–Crippen MR) is 42.7 cm³/mol. The Balaban J connectivity index is 2.49. The van der Waals surface area contributed by atoms with Crippen LogP contribution in [0.25, 0.3) is 0 Å². The molecule has 64 valence electrons. The number of β-amino-alcohol motifs (C(OH)–C–C–N with tert-alkyl or cyclic N) is 1. The summed E-state index contributed by atoms with van der Waals surface area (Å²) in [6, 6.07) is 0. The molecular formula is C8H15NO2. The Morgan fingerprint density at radius 3 is 3.00 bits per heavy atom. The first-order valence-corrected chi connectivity index (χ1v) is 3.99. The van der Waals surface area contributed by atoms with E-state index < -0.39 is 0 Å². The number of allylic oxidation sites excluding steroid dienone is 1. The fourth-order valence-corrected chi connectivity index (χ4v) is 1.29. The molecule has 0 saturated carbocycles. The predicted octanol–water partition coefficient (Wildman–Crippen LogP) is 0.908. The number of ether oxygens (including phenoxy) is 1. The second-order valence-electron chi connectivity index (χ2n) is 2.68. The van der Waals surface area contributed by atoms with E-state index in [0.717, 1.165) is 12.1 Å². The van der Waals surface area contributed by atoms with Gasteiger partial charge in [0.15, 0.2) is 6.23 Å². The van der Waals surface area contributed by atoms with Gasteiger partial charge in [0.25, 0.3) is 0 Å². The number of aliphatic hydroxyl groups is 1. The first kappa shape index (κ1) is 8.40. The minimum absolute atomic E-state index is 0.141. The summed E-state index contributed by atoms with van der Waals surface area (Å²) in [4.78, 5) is 2.07. The third kappa shape index (κ3) is 1.66. The van der Waals surface area contributed by atoms with Crippen molar-refractivity contribution in [1.29, 1.82) is 0 Å². The molecule has 1 atom stereocenters. The highest BCUT2D eigenvalue weighted by atomic mass is 16.5. The van der Waals surface area contributed by atoms with Crippen LogP contribution in [0, 0.1) is 0 Å². The Kier molecular flexibility index (Phi) is 2.76. The van der Waals surface area contributed by atoms with Crippen molar-refractivity contribution in [1.82, 2.24) is 4.90 Å². The van der Waals surface area contributed by atoms with Crippen molar-refractivity contribution in [3.63, 3.8) is 0 Å². The third-order valence-electron chi connectivity index (χ3n) is 1.89. The molecule has 1 N–H and O–H groups in total. The van der Waals surface area contributed by atoms with E-state index in [1.165, 1.54) is 0 Å². The minimum Gasteiger partial charge on any atom is -0.476 e. The van der Waals surface area contributed by atoms with Crippen LogP contribution >= 0.6 is 0 Å². The molecule has 1 rings (SSSR count). The van der Waals surface area contributed by atoms with Gasteiger partial charge in [-0.05, 0) is 6.92 Å². The SMILES string of the molecule is CCC1OC=C(C)N1CCO. The largest absolute Gasteiger partial charge is 0.476 e. The van der Waals surface area contributed by atoms with Gasteiger partial charge < -0.3 is 14.7 Å². The molecule has 1 aliphatic heterocycles. The van der Waals surface area contributed by atoms with Crippen LogP contribution in [0.3, 0.4) is 0 Å². The van der Waals surface area contributed by atoms with Crippen LogP contribution in [0.2, 0.25) is 0 Å². The Hall–Kier alpha value is -0.700. The van der Waals surface area contributed by atoms with E-state index in [-0.39, 0.29) is 12.8 Å². The van der Waals surface area contributed by atoms with Crippen molar-refractivity contribution in [3.8, 4) is 0 Å². The molecule has 0 aromatic rings. The summed E-state index contributed by atoms with van der Waals surface area (Å²) in [6.07, 6.45) is 2.85. The van der Waals surface area contributed by atoms with E-state index in [1.807, 2.05) is 6.92 Å². The van der Waals surface area contributed by atoms with E-state index in [2.05, 4.69) is 11.8 Å². The van der Waals surface area contributed by atoms with Gasteiger partial charge in [-0.3, -0.25) is 0 Å².